The van der Waals surface area contributed by atoms with Crippen LogP contribution in [0.25, 0.3) is 0 Å². The van der Waals surface area contributed by atoms with Crippen LogP contribution in [0.4, 0.5) is 5.82 Å². The molecule has 0 atom stereocenters. The number of nitrogens with zero attached hydrogens (tertiary/aromatic N) is 2. The molecule has 0 saturated carbocycles. The fraction of sp³-hybridized carbons (Fsp3) is 0.118. The first kappa shape index (κ1) is 16.5. The molecule has 0 unspecified atom stereocenters. The van der Waals surface area contributed by atoms with Gasteiger partial charge in [-0.05, 0) is 23.3 Å². The first-order valence-corrected chi connectivity index (χ1v) is 9.35. The number of rotatable bonds is 6. The molecular formula is C17H16ClN3O2S. The summed E-state index contributed by atoms with van der Waals surface area (Å²) < 4.78 is 28.6. The average Bonchev–Trinajstić information content (AvgIpc) is 2.96. The lowest BCUT2D eigenvalue weighted by molar-refractivity contribution is 0.600. The van der Waals surface area contributed by atoms with E-state index in [4.69, 9.17) is 11.6 Å². The summed E-state index contributed by atoms with van der Waals surface area (Å²) in [5.74, 6) is 0.220. The third-order valence-corrected chi connectivity index (χ3v) is 4.84. The minimum atomic E-state index is -3.50. The molecule has 0 fully saturated rings. The number of benzene rings is 2. The topological polar surface area (TPSA) is 64.0 Å². The maximum absolute atomic E-state index is 12.2. The zero-order chi connectivity index (χ0) is 17.0. The van der Waals surface area contributed by atoms with Crippen LogP contribution in [-0.2, 0) is 22.3 Å². The Hall–Kier alpha value is -2.31. The number of hydrogen-bond donors (Lipinski definition) is 1. The fourth-order valence-corrected chi connectivity index (χ4v) is 3.53. The molecule has 124 valence electrons. The van der Waals surface area contributed by atoms with Gasteiger partial charge in [-0.1, -0.05) is 54.1 Å². The molecule has 7 heteroatoms. The van der Waals surface area contributed by atoms with E-state index in [1.54, 1.807) is 29.1 Å². The van der Waals surface area contributed by atoms with E-state index < -0.39 is 10.0 Å². The standard InChI is InChI=1S/C17H16ClN3O2S/c18-16-8-6-14(7-9-16)12-21-11-10-17(19-21)20-24(22,23)13-15-4-2-1-3-5-15/h1-11H,12-13H2,(H,19,20). The highest BCUT2D eigenvalue weighted by molar-refractivity contribution is 7.91. The normalized spacial score (nSPS) is 11.4. The Morgan fingerprint density at radius 3 is 2.38 bits per heavy atom. The van der Waals surface area contributed by atoms with Crippen molar-refractivity contribution >= 4 is 27.4 Å². The highest BCUT2D eigenvalue weighted by atomic mass is 35.5. The van der Waals surface area contributed by atoms with Gasteiger partial charge in [0.05, 0.1) is 12.3 Å². The predicted octanol–water partition coefficient (Wildman–Crippen LogP) is 3.53. The van der Waals surface area contributed by atoms with E-state index in [2.05, 4.69) is 9.82 Å². The summed E-state index contributed by atoms with van der Waals surface area (Å²) in [7, 11) is -3.50. The van der Waals surface area contributed by atoms with Gasteiger partial charge in [0.15, 0.2) is 5.82 Å². The van der Waals surface area contributed by atoms with Crippen LogP contribution < -0.4 is 4.72 Å². The second-order valence-electron chi connectivity index (χ2n) is 5.37. The van der Waals surface area contributed by atoms with Gasteiger partial charge >= 0.3 is 0 Å². The molecule has 5 nitrogen and oxygen atoms in total. The van der Waals surface area contributed by atoms with E-state index in [9.17, 15) is 8.42 Å². The Morgan fingerprint density at radius 1 is 0.958 bits per heavy atom. The SMILES string of the molecule is O=S(=O)(Cc1ccccc1)Nc1ccn(Cc2ccc(Cl)cc2)n1. The molecule has 0 aliphatic rings. The van der Waals surface area contributed by atoms with E-state index in [0.29, 0.717) is 17.4 Å². The Morgan fingerprint density at radius 2 is 1.67 bits per heavy atom. The van der Waals surface area contributed by atoms with Crippen LogP contribution in [0.2, 0.25) is 5.02 Å². The molecule has 0 aliphatic heterocycles. The highest BCUT2D eigenvalue weighted by Crippen LogP contribution is 2.13. The van der Waals surface area contributed by atoms with E-state index in [0.717, 1.165) is 11.1 Å². The van der Waals surface area contributed by atoms with Crippen molar-refractivity contribution in [1.82, 2.24) is 9.78 Å². The van der Waals surface area contributed by atoms with Crippen molar-refractivity contribution in [3.63, 3.8) is 0 Å². The summed E-state index contributed by atoms with van der Waals surface area (Å²) in [5, 5.41) is 4.92. The van der Waals surface area contributed by atoms with Crippen molar-refractivity contribution in [3.05, 3.63) is 83.0 Å². The molecule has 0 bridgehead atoms. The summed E-state index contributed by atoms with van der Waals surface area (Å²) in [6.45, 7) is 0.539. The van der Waals surface area contributed by atoms with Crippen LogP contribution in [-0.4, -0.2) is 18.2 Å². The number of sulfonamides is 1. The van der Waals surface area contributed by atoms with Crippen molar-refractivity contribution < 1.29 is 8.42 Å². The molecule has 0 radical (unpaired) electrons. The third-order valence-electron chi connectivity index (χ3n) is 3.36. The van der Waals surface area contributed by atoms with E-state index in [-0.39, 0.29) is 5.75 Å². The van der Waals surface area contributed by atoms with Gasteiger partial charge in [0.25, 0.3) is 0 Å². The Kier molecular flexibility index (Phi) is 4.87. The van der Waals surface area contributed by atoms with E-state index in [1.807, 2.05) is 42.5 Å². The van der Waals surface area contributed by atoms with Crippen molar-refractivity contribution in [2.45, 2.75) is 12.3 Å². The maximum atomic E-state index is 12.2. The number of halogens is 1. The molecule has 1 aromatic heterocycles. The van der Waals surface area contributed by atoms with Gasteiger partial charge in [-0.2, -0.15) is 5.10 Å². The lowest BCUT2D eigenvalue weighted by Gasteiger charge is -2.06. The first-order chi connectivity index (χ1) is 11.5. The van der Waals surface area contributed by atoms with Gasteiger partial charge in [0.2, 0.25) is 10.0 Å². The van der Waals surface area contributed by atoms with Gasteiger partial charge in [-0.3, -0.25) is 9.40 Å². The average molecular weight is 362 g/mol. The van der Waals surface area contributed by atoms with Crippen molar-refractivity contribution in [3.8, 4) is 0 Å². The van der Waals surface area contributed by atoms with Crippen LogP contribution in [0.5, 0.6) is 0 Å². The fourth-order valence-electron chi connectivity index (χ4n) is 2.27. The van der Waals surface area contributed by atoms with E-state index >= 15 is 0 Å². The van der Waals surface area contributed by atoms with Crippen molar-refractivity contribution in [2.24, 2.45) is 0 Å². The quantitative estimate of drug-likeness (QED) is 0.730. The van der Waals surface area contributed by atoms with Crippen molar-refractivity contribution in [2.75, 3.05) is 4.72 Å². The molecule has 0 aliphatic carbocycles. The Balaban J connectivity index is 1.66. The molecular weight excluding hydrogens is 346 g/mol. The van der Waals surface area contributed by atoms with Crippen LogP contribution in [0.3, 0.4) is 0 Å². The van der Waals surface area contributed by atoms with Gasteiger partial charge in [0.1, 0.15) is 0 Å². The number of nitrogens with one attached hydrogen (secondary N) is 1. The predicted molar refractivity (Wildman–Crippen MR) is 95.5 cm³/mol. The summed E-state index contributed by atoms with van der Waals surface area (Å²) in [6.07, 6.45) is 1.73. The monoisotopic (exact) mass is 361 g/mol. The number of anilines is 1. The molecule has 3 aromatic rings. The summed E-state index contributed by atoms with van der Waals surface area (Å²) in [4.78, 5) is 0. The minimum absolute atomic E-state index is 0.0854. The molecule has 0 spiro atoms. The molecule has 2 aromatic carbocycles. The number of aromatic nitrogens is 2. The lowest BCUT2D eigenvalue weighted by Crippen LogP contribution is -2.15. The maximum Gasteiger partial charge on any atom is 0.238 e. The molecule has 3 rings (SSSR count). The summed E-state index contributed by atoms with van der Waals surface area (Å²) in [6, 6.07) is 18.1. The molecule has 24 heavy (non-hydrogen) atoms. The minimum Gasteiger partial charge on any atom is -0.266 e. The van der Waals surface area contributed by atoms with Gasteiger partial charge in [-0.15, -0.1) is 0 Å². The zero-order valence-electron chi connectivity index (χ0n) is 12.8. The first-order valence-electron chi connectivity index (χ1n) is 7.32. The highest BCUT2D eigenvalue weighted by Gasteiger charge is 2.13. The summed E-state index contributed by atoms with van der Waals surface area (Å²) >= 11 is 5.86. The Labute approximate surface area is 145 Å². The van der Waals surface area contributed by atoms with Gasteiger partial charge in [-0.25, -0.2) is 8.42 Å². The van der Waals surface area contributed by atoms with Crippen LogP contribution >= 0.6 is 11.6 Å². The Bertz CT molecular complexity index is 907. The molecule has 0 saturated heterocycles. The van der Waals surface area contributed by atoms with Crippen LogP contribution in [0.15, 0.2) is 66.9 Å². The van der Waals surface area contributed by atoms with Gasteiger partial charge in [0, 0.05) is 17.3 Å². The molecule has 0 amide bonds. The lowest BCUT2D eigenvalue weighted by atomic mass is 10.2. The molecule has 1 N–H and O–H groups in total. The second-order valence-corrected chi connectivity index (χ2v) is 7.53. The van der Waals surface area contributed by atoms with Gasteiger partial charge < -0.3 is 0 Å². The molecule has 1 heterocycles. The zero-order valence-corrected chi connectivity index (χ0v) is 14.3. The second kappa shape index (κ2) is 7.07. The van der Waals surface area contributed by atoms with Crippen LogP contribution in [0, 0.1) is 0 Å². The number of hydrogen-bond acceptors (Lipinski definition) is 3. The van der Waals surface area contributed by atoms with Crippen LogP contribution in [0.1, 0.15) is 11.1 Å². The van der Waals surface area contributed by atoms with Crippen molar-refractivity contribution in [1.29, 1.82) is 0 Å². The largest absolute Gasteiger partial charge is 0.266 e. The smallest absolute Gasteiger partial charge is 0.238 e. The van der Waals surface area contributed by atoms with E-state index in [1.165, 1.54) is 0 Å². The third kappa shape index (κ3) is 4.59. The summed E-state index contributed by atoms with van der Waals surface area (Å²) in [5.41, 5.74) is 1.76.